The van der Waals surface area contributed by atoms with Crippen LogP contribution in [0.15, 0.2) is 17.2 Å². The number of ether oxygens (including phenoxy) is 1. The highest BCUT2D eigenvalue weighted by molar-refractivity contribution is 4.95. The molecule has 1 fully saturated rings. The van der Waals surface area contributed by atoms with Crippen molar-refractivity contribution < 1.29 is 24.8 Å². The Morgan fingerprint density at radius 2 is 2.17 bits per heavy atom. The first-order chi connectivity index (χ1) is 8.45. The Kier molecular flexibility index (Phi) is 3.35. The lowest BCUT2D eigenvalue weighted by Crippen LogP contribution is -2.41. The number of nitrogens with zero attached hydrogens (tertiary/aromatic N) is 2. The maximum atomic E-state index is 11.6. The summed E-state index contributed by atoms with van der Waals surface area (Å²) in [7, 11) is 0. The van der Waals surface area contributed by atoms with Crippen LogP contribution in [0.3, 0.4) is 0 Å². The molecule has 8 nitrogen and oxygen atoms in total. The zero-order chi connectivity index (χ0) is 13.4. The molecular weight excluding hydrogens is 244 g/mol. The SMILES string of the molecule is Cc1cn([C@H]2O[C@H](CO)[C@@H](O)[C@H]2O)c(=O)c[n+]1[O-]. The fourth-order valence-electron chi connectivity index (χ4n) is 1.90. The largest absolute Gasteiger partial charge is 0.618 e. The van der Waals surface area contributed by atoms with E-state index in [-0.39, 0.29) is 5.69 Å². The Labute approximate surface area is 102 Å². The van der Waals surface area contributed by atoms with Gasteiger partial charge in [-0.2, -0.15) is 4.73 Å². The quantitative estimate of drug-likeness (QED) is 0.395. The van der Waals surface area contributed by atoms with Gasteiger partial charge in [0.05, 0.1) is 12.8 Å². The average Bonchev–Trinajstić information content (AvgIpc) is 2.61. The second-order valence-corrected chi connectivity index (χ2v) is 4.20. The molecule has 0 amide bonds. The third kappa shape index (κ3) is 1.99. The van der Waals surface area contributed by atoms with Crippen LogP contribution < -0.4 is 10.3 Å². The monoisotopic (exact) mass is 258 g/mol. The first-order valence-corrected chi connectivity index (χ1v) is 5.40. The molecule has 0 aliphatic carbocycles. The van der Waals surface area contributed by atoms with Crippen molar-refractivity contribution in [3.05, 3.63) is 33.6 Å². The van der Waals surface area contributed by atoms with Crippen molar-refractivity contribution in [1.82, 2.24) is 4.57 Å². The van der Waals surface area contributed by atoms with E-state index in [2.05, 4.69) is 0 Å². The van der Waals surface area contributed by atoms with Crippen LogP contribution in [-0.2, 0) is 4.74 Å². The Bertz CT molecular complexity index is 502. The van der Waals surface area contributed by atoms with E-state index in [1.807, 2.05) is 0 Å². The van der Waals surface area contributed by atoms with E-state index in [0.717, 1.165) is 10.8 Å². The molecule has 1 aromatic rings. The van der Waals surface area contributed by atoms with Gasteiger partial charge in [-0.15, -0.1) is 0 Å². The summed E-state index contributed by atoms with van der Waals surface area (Å²) in [5.74, 6) is 0. The number of aromatic nitrogens is 2. The molecule has 0 aromatic carbocycles. The summed E-state index contributed by atoms with van der Waals surface area (Å²) in [5, 5.41) is 39.5. The van der Waals surface area contributed by atoms with Crippen molar-refractivity contribution in [2.24, 2.45) is 0 Å². The highest BCUT2D eigenvalue weighted by Gasteiger charge is 2.43. The average molecular weight is 258 g/mol. The number of aliphatic hydroxyl groups excluding tert-OH is 3. The van der Waals surface area contributed by atoms with Crippen LogP contribution in [0.1, 0.15) is 11.9 Å². The summed E-state index contributed by atoms with van der Waals surface area (Å²) in [4.78, 5) is 11.6. The second-order valence-electron chi connectivity index (χ2n) is 4.20. The summed E-state index contributed by atoms with van der Waals surface area (Å²) in [5.41, 5.74) is -0.419. The first-order valence-electron chi connectivity index (χ1n) is 5.40. The Hall–Kier alpha value is -1.48. The van der Waals surface area contributed by atoms with Crippen LogP contribution in [0, 0.1) is 12.1 Å². The molecule has 0 radical (unpaired) electrons. The normalized spacial score (nSPS) is 31.8. The maximum absolute atomic E-state index is 11.6. The molecule has 0 spiro atoms. The fourth-order valence-corrected chi connectivity index (χ4v) is 1.90. The van der Waals surface area contributed by atoms with Gasteiger partial charge in [-0.25, -0.2) is 0 Å². The van der Waals surface area contributed by atoms with Crippen molar-refractivity contribution in [3.63, 3.8) is 0 Å². The van der Waals surface area contributed by atoms with Gasteiger partial charge in [-0.3, -0.25) is 9.36 Å². The van der Waals surface area contributed by atoms with E-state index in [1.54, 1.807) is 0 Å². The lowest BCUT2D eigenvalue weighted by molar-refractivity contribution is -0.614. The molecule has 4 atom stereocenters. The van der Waals surface area contributed by atoms with E-state index >= 15 is 0 Å². The summed E-state index contributed by atoms with van der Waals surface area (Å²) < 4.78 is 6.62. The lowest BCUT2D eigenvalue weighted by Gasteiger charge is -2.17. The van der Waals surface area contributed by atoms with Gasteiger partial charge < -0.3 is 25.3 Å². The summed E-state index contributed by atoms with van der Waals surface area (Å²) in [6.07, 6.45) is -2.67. The molecule has 1 aromatic heterocycles. The third-order valence-electron chi connectivity index (χ3n) is 2.95. The smallest absolute Gasteiger partial charge is 0.318 e. The van der Waals surface area contributed by atoms with Crippen LogP contribution in [0.25, 0.3) is 0 Å². The molecule has 2 rings (SSSR count). The minimum Gasteiger partial charge on any atom is -0.618 e. The number of hydrogen-bond acceptors (Lipinski definition) is 6. The minimum absolute atomic E-state index is 0.243. The number of hydrogen-bond donors (Lipinski definition) is 3. The maximum Gasteiger partial charge on any atom is 0.318 e. The van der Waals surface area contributed by atoms with Gasteiger partial charge >= 0.3 is 5.56 Å². The van der Waals surface area contributed by atoms with Gasteiger partial charge in [0.2, 0.25) is 11.9 Å². The first kappa shape index (κ1) is 13.0. The van der Waals surface area contributed by atoms with Gasteiger partial charge in [0.15, 0.2) is 6.23 Å². The zero-order valence-electron chi connectivity index (χ0n) is 9.63. The van der Waals surface area contributed by atoms with Crippen molar-refractivity contribution in [2.45, 2.75) is 31.5 Å². The Morgan fingerprint density at radius 3 is 2.72 bits per heavy atom. The third-order valence-corrected chi connectivity index (χ3v) is 2.95. The van der Waals surface area contributed by atoms with E-state index < -0.39 is 36.7 Å². The lowest BCUT2D eigenvalue weighted by atomic mass is 10.1. The van der Waals surface area contributed by atoms with Gasteiger partial charge in [0.1, 0.15) is 18.3 Å². The van der Waals surface area contributed by atoms with Crippen LogP contribution in [-0.4, -0.2) is 44.8 Å². The molecule has 100 valence electrons. The Morgan fingerprint density at radius 1 is 1.50 bits per heavy atom. The van der Waals surface area contributed by atoms with E-state index in [0.29, 0.717) is 4.73 Å². The van der Waals surface area contributed by atoms with Crippen LogP contribution in [0.5, 0.6) is 0 Å². The van der Waals surface area contributed by atoms with Gasteiger partial charge in [-0.1, -0.05) is 0 Å². The fraction of sp³-hybridized carbons (Fsp3) is 0.600. The molecule has 1 aliphatic heterocycles. The number of aryl methyl sites for hydroxylation is 1. The predicted octanol–water partition coefficient (Wildman–Crippen LogP) is -2.60. The molecule has 1 aliphatic rings. The number of rotatable bonds is 2. The predicted molar refractivity (Wildman–Crippen MR) is 57.4 cm³/mol. The van der Waals surface area contributed by atoms with Gasteiger partial charge in [0.25, 0.3) is 0 Å². The van der Waals surface area contributed by atoms with Gasteiger partial charge in [-0.05, 0) is 0 Å². The van der Waals surface area contributed by atoms with Crippen LogP contribution >= 0.6 is 0 Å². The molecule has 2 heterocycles. The van der Waals surface area contributed by atoms with Crippen LogP contribution in [0.4, 0.5) is 0 Å². The molecule has 3 N–H and O–H groups in total. The topological polar surface area (TPSA) is 119 Å². The van der Waals surface area contributed by atoms with Gasteiger partial charge in [0, 0.05) is 6.92 Å². The van der Waals surface area contributed by atoms with Crippen LogP contribution in [0.2, 0.25) is 0 Å². The Balaban J connectivity index is 2.39. The minimum atomic E-state index is -1.35. The summed E-state index contributed by atoms with van der Waals surface area (Å²) >= 11 is 0. The van der Waals surface area contributed by atoms with E-state index in [1.165, 1.54) is 13.1 Å². The summed E-state index contributed by atoms with van der Waals surface area (Å²) in [6, 6.07) is 0. The van der Waals surface area contributed by atoms with E-state index in [9.17, 15) is 20.2 Å². The zero-order valence-corrected chi connectivity index (χ0v) is 9.63. The number of aliphatic hydroxyl groups is 3. The highest BCUT2D eigenvalue weighted by atomic mass is 16.6. The van der Waals surface area contributed by atoms with Crippen molar-refractivity contribution in [3.8, 4) is 0 Å². The highest BCUT2D eigenvalue weighted by Crippen LogP contribution is 2.27. The molecular formula is C10H14N2O6. The molecule has 0 unspecified atom stereocenters. The van der Waals surface area contributed by atoms with Crippen molar-refractivity contribution >= 4 is 0 Å². The van der Waals surface area contributed by atoms with E-state index in [4.69, 9.17) is 9.84 Å². The molecule has 0 bridgehead atoms. The second kappa shape index (κ2) is 4.65. The standard InChI is InChI=1S/C10H14N2O6/c1-5-2-11(7(14)3-12(5)17)10-9(16)8(15)6(4-13)18-10/h2-3,6,8-10,13,15-16H,4H2,1H3/t6-,8-,9-,10+/m1/s1. The molecule has 8 heteroatoms. The van der Waals surface area contributed by atoms with Crippen molar-refractivity contribution in [1.29, 1.82) is 0 Å². The summed E-state index contributed by atoms with van der Waals surface area (Å²) in [6.45, 7) is 1.01. The molecule has 0 saturated carbocycles. The van der Waals surface area contributed by atoms with Crippen molar-refractivity contribution in [2.75, 3.05) is 6.61 Å². The molecule has 1 saturated heterocycles. The molecule has 18 heavy (non-hydrogen) atoms.